The van der Waals surface area contributed by atoms with Gasteiger partial charge in [0.05, 0.1) is 0 Å². The van der Waals surface area contributed by atoms with Crippen molar-refractivity contribution in [2.75, 3.05) is 6.54 Å². The first-order valence-corrected chi connectivity index (χ1v) is 6.32. The van der Waals surface area contributed by atoms with Gasteiger partial charge in [-0.1, -0.05) is 39.3 Å². The van der Waals surface area contributed by atoms with Gasteiger partial charge >= 0.3 is 0 Å². The molecule has 0 spiro atoms. The highest BCUT2D eigenvalue weighted by Crippen LogP contribution is 2.24. The number of benzene rings is 1. The van der Waals surface area contributed by atoms with Crippen LogP contribution in [0.1, 0.15) is 33.3 Å². The molecule has 0 aliphatic rings. The van der Waals surface area contributed by atoms with E-state index in [-0.39, 0.29) is 11.2 Å². The minimum atomic E-state index is -0.279. The van der Waals surface area contributed by atoms with Gasteiger partial charge in [0.1, 0.15) is 5.82 Å². The smallest absolute Gasteiger partial charge is 0.125 e. The molecule has 0 aliphatic carbocycles. The molecule has 0 heterocycles. The molecule has 1 aromatic carbocycles. The molecule has 17 heavy (non-hydrogen) atoms. The Balaban J connectivity index is 2.46. The third kappa shape index (κ3) is 5.05. The topological polar surface area (TPSA) is 12.0 Å². The van der Waals surface area contributed by atoms with Crippen LogP contribution in [0.5, 0.6) is 0 Å². The second-order valence-corrected chi connectivity index (χ2v) is 6.11. The highest BCUT2D eigenvalue weighted by Gasteiger charge is 2.19. The summed E-state index contributed by atoms with van der Waals surface area (Å²) in [6.07, 6.45) is 0. The third-order valence-electron chi connectivity index (χ3n) is 3.18. The first-order chi connectivity index (χ1) is 7.79. The fourth-order valence-electron chi connectivity index (χ4n) is 1.45. The Bertz CT molecular complexity index is 351. The molecular weight excluding hydrogens is 237 g/mol. The van der Waals surface area contributed by atoms with Crippen LogP contribution in [0.25, 0.3) is 0 Å². The second kappa shape index (κ2) is 5.83. The van der Waals surface area contributed by atoms with E-state index in [2.05, 4.69) is 33.0 Å². The van der Waals surface area contributed by atoms with Gasteiger partial charge in [-0.2, -0.15) is 0 Å². The summed E-state index contributed by atoms with van der Waals surface area (Å²) in [6, 6.07) is 4.63. The van der Waals surface area contributed by atoms with Crippen LogP contribution in [-0.4, -0.2) is 6.54 Å². The van der Waals surface area contributed by atoms with Crippen LogP contribution in [0, 0.1) is 17.2 Å². The van der Waals surface area contributed by atoms with Gasteiger partial charge in [0.2, 0.25) is 0 Å². The van der Waals surface area contributed by atoms with E-state index in [1.807, 2.05) is 0 Å². The van der Waals surface area contributed by atoms with Crippen LogP contribution in [0.2, 0.25) is 5.02 Å². The number of hydrogen-bond acceptors (Lipinski definition) is 1. The zero-order valence-electron chi connectivity index (χ0n) is 11.0. The molecule has 0 bridgehead atoms. The van der Waals surface area contributed by atoms with E-state index in [0.29, 0.717) is 17.5 Å². The molecule has 0 aromatic heterocycles. The van der Waals surface area contributed by atoms with Gasteiger partial charge in [0.25, 0.3) is 0 Å². The molecule has 3 heteroatoms. The van der Waals surface area contributed by atoms with Crippen LogP contribution in [0.15, 0.2) is 18.2 Å². The molecule has 0 saturated carbocycles. The van der Waals surface area contributed by atoms with Crippen molar-refractivity contribution in [3.8, 4) is 0 Å². The number of nitrogens with one attached hydrogen (secondary N) is 1. The molecule has 0 fully saturated rings. The summed E-state index contributed by atoms with van der Waals surface area (Å²) in [5.41, 5.74) is 1.17. The van der Waals surface area contributed by atoms with E-state index in [1.54, 1.807) is 6.07 Å². The Morgan fingerprint density at radius 1 is 1.29 bits per heavy atom. The van der Waals surface area contributed by atoms with E-state index in [1.165, 1.54) is 12.1 Å². The van der Waals surface area contributed by atoms with Crippen LogP contribution < -0.4 is 5.32 Å². The molecule has 1 N–H and O–H groups in total. The molecule has 1 nitrogen and oxygen atoms in total. The van der Waals surface area contributed by atoms with E-state index >= 15 is 0 Å². The van der Waals surface area contributed by atoms with E-state index in [9.17, 15) is 4.39 Å². The third-order valence-corrected chi connectivity index (χ3v) is 3.40. The van der Waals surface area contributed by atoms with Gasteiger partial charge in [0.15, 0.2) is 0 Å². The van der Waals surface area contributed by atoms with E-state index in [0.717, 1.165) is 12.1 Å². The molecule has 0 aliphatic heterocycles. The lowest BCUT2D eigenvalue weighted by atomic mass is 9.82. The molecular formula is C14H21ClFN. The summed E-state index contributed by atoms with van der Waals surface area (Å²) >= 11 is 5.80. The molecule has 1 atom stereocenters. The molecule has 1 aromatic rings. The Hall–Kier alpha value is -0.600. The Labute approximate surface area is 108 Å². The highest BCUT2D eigenvalue weighted by atomic mass is 35.5. The van der Waals surface area contributed by atoms with Gasteiger partial charge in [-0.15, -0.1) is 0 Å². The fraction of sp³-hybridized carbons (Fsp3) is 0.571. The normalized spacial score (nSPS) is 13.8. The standard InChI is InChI=1S/C14H21ClFN/c1-10(14(2,3)4)8-17-9-11-5-12(15)7-13(16)6-11/h5-7,10,17H,8-9H2,1-4H3. The molecule has 1 rings (SSSR count). The number of hydrogen-bond donors (Lipinski definition) is 1. The van der Waals surface area contributed by atoms with Crippen molar-refractivity contribution in [2.24, 2.45) is 11.3 Å². The van der Waals surface area contributed by atoms with Crippen LogP contribution in [0.4, 0.5) is 4.39 Å². The van der Waals surface area contributed by atoms with Crippen molar-refractivity contribution in [1.29, 1.82) is 0 Å². The Kier molecular flexibility index (Phi) is 4.96. The largest absolute Gasteiger partial charge is 0.312 e. The maximum atomic E-state index is 13.1. The first-order valence-electron chi connectivity index (χ1n) is 5.94. The molecule has 96 valence electrons. The highest BCUT2D eigenvalue weighted by molar-refractivity contribution is 6.30. The van der Waals surface area contributed by atoms with Gasteiger partial charge in [-0.25, -0.2) is 4.39 Å². The van der Waals surface area contributed by atoms with Crippen molar-refractivity contribution in [3.05, 3.63) is 34.6 Å². The quantitative estimate of drug-likeness (QED) is 0.850. The number of rotatable bonds is 4. The van der Waals surface area contributed by atoms with Gasteiger partial charge < -0.3 is 5.32 Å². The SMILES string of the molecule is CC(CNCc1cc(F)cc(Cl)c1)C(C)(C)C. The predicted molar refractivity (Wildman–Crippen MR) is 71.7 cm³/mol. The molecule has 1 unspecified atom stereocenters. The van der Waals surface area contributed by atoms with Crippen LogP contribution in [0.3, 0.4) is 0 Å². The van der Waals surface area contributed by atoms with Crippen molar-refractivity contribution in [1.82, 2.24) is 5.32 Å². The Morgan fingerprint density at radius 3 is 2.47 bits per heavy atom. The zero-order valence-corrected chi connectivity index (χ0v) is 11.7. The van der Waals surface area contributed by atoms with E-state index < -0.39 is 0 Å². The Morgan fingerprint density at radius 2 is 1.94 bits per heavy atom. The first kappa shape index (κ1) is 14.5. The molecule has 0 radical (unpaired) electrons. The summed E-state index contributed by atoms with van der Waals surface area (Å²) in [5.74, 6) is 0.282. The van der Waals surface area contributed by atoms with Crippen molar-refractivity contribution < 1.29 is 4.39 Å². The van der Waals surface area contributed by atoms with Crippen molar-refractivity contribution in [2.45, 2.75) is 34.2 Å². The van der Waals surface area contributed by atoms with Crippen LogP contribution in [-0.2, 0) is 6.54 Å². The van der Waals surface area contributed by atoms with Gasteiger partial charge in [-0.3, -0.25) is 0 Å². The van der Waals surface area contributed by atoms with E-state index in [4.69, 9.17) is 11.6 Å². The maximum Gasteiger partial charge on any atom is 0.125 e. The molecule has 0 saturated heterocycles. The average molecular weight is 258 g/mol. The number of halogens is 2. The predicted octanol–water partition coefficient (Wildman–Crippen LogP) is 4.25. The summed E-state index contributed by atoms with van der Waals surface area (Å²) in [7, 11) is 0. The van der Waals surface area contributed by atoms with Crippen LogP contribution >= 0.6 is 11.6 Å². The second-order valence-electron chi connectivity index (χ2n) is 5.68. The van der Waals surface area contributed by atoms with Crippen molar-refractivity contribution >= 4 is 11.6 Å². The van der Waals surface area contributed by atoms with Crippen molar-refractivity contribution in [3.63, 3.8) is 0 Å². The lowest BCUT2D eigenvalue weighted by molar-refractivity contribution is 0.252. The molecule has 0 amide bonds. The summed E-state index contributed by atoms with van der Waals surface area (Å²) < 4.78 is 13.1. The minimum absolute atomic E-state index is 0.279. The zero-order chi connectivity index (χ0) is 13.1. The monoisotopic (exact) mass is 257 g/mol. The van der Waals surface area contributed by atoms with Gasteiger partial charge in [0, 0.05) is 11.6 Å². The van der Waals surface area contributed by atoms with Gasteiger partial charge in [-0.05, 0) is 41.6 Å². The lowest BCUT2D eigenvalue weighted by Crippen LogP contribution is -2.29. The average Bonchev–Trinajstić information content (AvgIpc) is 2.14. The summed E-state index contributed by atoms with van der Waals surface area (Å²) in [4.78, 5) is 0. The maximum absolute atomic E-state index is 13.1. The summed E-state index contributed by atoms with van der Waals surface area (Å²) in [6.45, 7) is 10.4. The minimum Gasteiger partial charge on any atom is -0.312 e. The lowest BCUT2D eigenvalue weighted by Gasteiger charge is -2.27. The fourth-order valence-corrected chi connectivity index (χ4v) is 1.70. The summed E-state index contributed by atoms with van der Waals surface area (Å²) in [5, 5.41) is 3.79.